The molecule has 0 saturated carbocycles. The van der Waals surface area contributed by atoms with Crippen LogP contribution >= 0.6 is 0 Å². The Morgan fingerprint density at radius 1 is 1.29 bits per heavy atom. The van der Waals surface area contributed by atoms with Gasteiger partial charge in [0.05, 0.1) is 29.1 Å². The van der Waals surface area contributed by atoms with Crippen LogP contribution in [0.15, 0.2) is 35.2 Å². The monoisotopic (exact) mass is 428 g/mol. The summed E-state index contributed by atoms with van der Waals surface area (Å²) < 4.78 is 16.0. The summed E-state index contributed by atoms with van der Waals surface area (Å²) in [7, 11) is 0. The number of Topliss-reactive ketones (excluding diaryl/α,β-unsaturated/α-hetero) is 1. The number of nitrogens with one attached hydrogen (secondary N) is 1. The zero-order valence-electron chi connectivity index (χ0n) is 17.8. The molecule has 0 saturated heterocycles. The Labute approximate surface area is 179 Å². The molecule has 1 N–H and O–H groups in total. The van der Waals surface area contributed by atoms with Crippen molar-refractivity contribution in [3.8, 4) is 11.5 Å². The van der Waals surface area contributed by atoms with E-state index < -0.39 is 22.7 Å². The second kappa shape index (κ2) is 7.40. The minimum atomic E-state index is -0.884. The van der Waals surface area contributed by atoms with Gasteiger partial charge in [-0.25, -0.2) is 4.79 Å². The Kier molecular flexibility index (Phi) is 4.99. The van der Waals surface area contributed by atoms with E-state index in [9.17, 15) is 19.7 Å². The molecule has 1 aromatic rings. The van der Waals surface area contributed by atoms with Gasteiger partial charge in [-0.1, -0.05) is 19.9 Å². The van der Waals surface area contributed by atoms with Gasteiger partial charge < -0.3 is 19.5 Å². The second-order valence-corrected chi connectivity index (χ2v) is 8.59. The molecule has 9 nitrogen and oxygen atoms in total. The number of carbonyl (C=O) groups is 2. The predicted molar refractivity (Wildman–Crippen MR) is 109 cm³/mol. The molecule has 164 valence electrons. The van der Waals surface area contributed by atoms with Crippen molar-refractivity contribution in [1.29, 1.82) is 0 Å². The van der Waals surface area contributed by atoms with E-state index in [0.29, 0.717) is 17.1 Å². The molecule has 1 aliphatic carbocycles. The molecule has 2 aliphatic heterocycles. The van der Waals surface area contributed by atoms with Gasteiger partial charge in [0.25, 0.3) is 5.69 Å². The first-order valence-electron chi connectivity index (χ1n) is 10.1. The molecular formula is C22H24N2O7. The van der Waals surface area contributed by atoms with Gasteiger partial charge in [-0.2, -0.15) is 0 Å². The fourth-order valence-corrected chi connectivity index (χ4v) is 4.64. The zero-order chi connectivity index (χ0) is 22.5. The molecule has 4 rings (SSSR count). The number of allylic oxidation sites excluding steroid dienone is 3. The third kappa shape index (κ3) is 3.54. The number of nitro groups is 1. The summed E-state index contributed by atoms with van der Waals surface area (Å²) in [6.45, 7) is 7.38. The van der Waals surface area contributed by atoms with Crippen LogP contribution in [0, 0.1) is 21.4 Å². The molecular weight excluding hydrogens is 404 g/mol. The maximum atomic E-state index is 13.3. The largest absolute Gasteiger partial charge is 0.463 e. The van der Waals surface area contributed by atoms with E-state index in [-0.39, 0.29) is 53.6 Å². The Morgan fingerprint density at radius 3 is 2.61 bits per heavy atom. The molecule has 0 radical (unpaired) electrons. The average molecular weight is 428 g/mol. The quantitative estimate of drug-likeness (QED) is 0.441. The highest BCUT2D eigenvalue weighted by Crippen LogP contribution is 2.51. The number of carbonyl (C=O) groups excluding carboxylic acids is 2. The van der Waals surface area contributed by atoms with Crippen molar-refractivity contribution in [3.05, 3.63) is 50.9 Å². The Bertz CT molecular complexity index is 1050. The van der Waals surface area contributed by atoms with Gasteiger partial charge in [0.1, 0.15) is 5.78 Å². The predicted octanol–water partition coefficient (Wildman–Crippen LogP) is 3.35. The van der Waals surface area contributed by atoms with Crippen LogP contribution in [-0.4, -0.2) is 30.1 Å². The summed E-state index contributed by atoms with van der Waals surface area (Å²) >= 11 is 0. The Balaban J connectivity index is 1.98. The number of nitro benzene ring substituents is 1. The molecule has 9 heteroatoms. The molecule has 2 heterocycles. The molecule has 0 bridgehead atoms. The van der Waals surface area contributed by atoms with Gasteiger partial charge in [0.15, 0.2) is 11.5 Å². The highest BCUT2D eigenvalue weighted by Gasteiger charge is 2.48. The van der Waals surface area contributed by atoms with Crippen LogP contribution < -0.4 is 14.8 Å². The number of rotatable bonds is 4. The van der Waals surface area contributed by atoms with Gasteiger partial charge in [-0.3, -0.25) is 14.9 Å². The SMILES string of the molecule is CCOC(=O)C1=C(C)NC2=CC(C)(C)CC(=O)C2C1c1cc2c(cc1[N+](=O)[O-])OCO2. The summed E-state index contributed by atoms with van der Waals surface area (Å²) in [6.07, 6.45) is 2.23. The lowest BCUT2D eigenvalue weighted by atomic mass is 9.66. The molecule has 1 aromatic carbocycles. The fourth-order valence-electron chi connectivity index (χ4n) is 4.64. The van der Waals surface area contributed by atoms with Gasteiger partial charge in [-0.05, 0) is 25.3 Å². The van der Waals surface area contributed by atoms with Gasteiger partial charge in [0.2, 0.25) is 6.79 Å². The van der Waals surface area contributed by atoms with E-state index in [0.717, 1.165) is 0 Å². The van der Waals surface area contributed by atoms with Crippen LogP contribution in [0.2, 0.25) is 0 Å². The van der Waals surface area contributed by atoms with E-state index in [1.54, 1.807) is 13.8 Å². The number of fused-ring (bicyclic) bond motifs is 2. The number of nitrogens with zero attached hydrogens (tertiary/aromatic N) is 1. The van der Waals surface area contributed by atoms with Crippen molar-refractivity contribution in [3.63, 3.8) is 0 Å². The lowest BCUT2D eigenvalue weighted by molar-refractivity contribution is -0.385. The minimum Gasteiger partial charge on any atom is -0.463 e. The highest BCUT2D eigenvalue weighted by atomic mass is 16.7. The van der Waals surface area contributed by atoms with Crippen LogP contribution in [0.1, 0.15) is 45.6 Å². The smallest absolute Gasteiger partial charge is 0.336 e. The maximum Gasteiger partial charge on any atom is 0.336 e. The van der Waals surface area contributed by atoms with Crippen molar-refractivity contribution >= 4 is 17.4 Å². The van der Waals surface area contributed by atoms with Crippen molar-refractivity contribution in [2.24, 2.45) is 11.3 Å². The minimum absolute atomic E-state index is 0.0521. The normalized spacial score (nSPS) is 23.6. The third-order valence-corrected chi connectivity index (χ3v) is 5.79. The molecule has 0 spiro atoms. The first-order chi connectivity index (χ1) is 14.6. The topological polar surface area (TPSA) is 117 Å². The number of esters is 1. The van der Waals surface area contributed by atoms with Gasteiger partial charge in [0, 0.05) is 29.3 Å². The Morgan fingerprint density at radius 2 is 1.97 bits per heavy atom. The lowest BCUT2D eigenvalue weighted by Crippen LogP contribution is -2.43. The van der Waals surface area contributed by atoms with E-state index in [1.165, 1.54) is 12.1 Å². The van der Waals surface area contributed by atoms with Crippen molar-refractivity contribution < 1.29 is 28.7 Å². The molecule has 0 fully saturated rings. The Hall–Kier alpha value is -3.36. The van der Waals surface area contributed by atoms with Crippen molar-refractivity contribution in [1.82, 2.24) is 5.32 Å². The van der Waals surface area contributed by atoms with E-state index in [2.05, 4.69) is 5.32 Å². The van der Waals surface area contributed by atoms with Crippen LogP contribution in [-0.2, 0) is 14.3 Å². The second-order valence-electron chi connectivity index (χ2n) is 8.59. The summed E-state index contributed by atoms with van der Waals surface area (Å²) in [5.74, 6) is -1.76. The first-order valence-corrected chi connectivity index (χ1v) is 10.1. The molecule has 2 unspecified atom stereocenters. The standard InChI is InChI=1S/C22H24N2O7/c1-5-29-21(26)18-11(2)23-13-8-22(3,4)9-15(25)20(13)19(18)12-6-16-17(31-10-30-16)7-14(12)24(27)28/h6-8,19-20,23H,5,9-10H2,1-4H3. The number of benzene rings is 1. The van der Waals surface area contributed by atoms with Crippen LogP contribution in [0.25, 0.3) is 0 Å². The van der Waals surface area contributed by atoms with Crippen LogP contribution in [0.4, 0.5) is 5.69 Å². The average Bonchev–Trinajstić information content (AvgIpc) is 3.12. The zero-order valence-corrected chi connectivity index (χ0v) is 17.8. The van der Waals surface area contributed by atoms with Crippen molar-refractivity contribution in [2.75, 3.05) is 13.4 Å². The fraction of sp³-hybridized carbons (Fsp3) is 0.455. The molecule has 0 aromatic heterocycles. The van der Waals surface area contributed by atoms with Crippen LogP contribution in [0.3, 0.4) is 0 Å². The maximum absolute atomic E-state index is 13.3. The molecule has 2 atom stereocenters. The third-order valence-electron chi connectivity index (χ3n) is 5.79. The van der Waals surface area contributed by atoms with E-state index in [4.69, 9.17) is 14.2 Å². The van der Waals surface area contributed by atoms with Crippen molar-refractivity contribution in [2.45, 2.75) is 40.0 Å². The lowest BCUT2D eigenvalue weighted by Gasteiger charge is -2.41. The van der Waals surface area contributed by atoms with Gasteiger partial charge in [-0.15, -0.1) is 0 Å². The summed E-state index contributed by atoms with van der Waals surface area (Å²) in [6, 6.07) is 2.80. The van der Waals surface area contributed by atoms with Crippen LogP contribution in [0.5, 0.6) is 11.5 Å². The molecule has 3 aliphatic rings. The number of hydrogen-bond acceptors (Lipinski definition) is 8. The number of ketones is 1. The van der Waals surface area contributed by atoms with E-state index in [1.807, 2.05) is 19.9 Å². The molecule has 0 amide bonds. The highest BCUT2D eigenvalue weighted by molar-refractivity contribution is 5.96. The number of ether oxygens (including phenoxy) is 3. The summed E-state index contributed by atoms with van der Waals surface area (Å²) in [4.78, 5) is 37.7. The van der Waals surface area contributed by atoms with E-state index >= 15 is 0 Å². The summed E-state index contributed by atoms with van der Waals surface area (Å²) in [5, 5.41) is 15.1. The van der Waals surface area contributed by atoms with Gasteiger partial charge >= 0.3 is 5.97 Å². The molecule has 31 heavy (non-hydrogen) atoms. The first kappa shape index (κ1) is 20.9. The summed E-state index contributed by atoms with van der Waals surface area (Å²) in [5.41, 5.74) is 0.972. The number of hydrogen-bond donors (Lipinski definition) is 1.